The van der Waals surface area contributed by atoms with E-state index in [0.29, 0.717) is 5.17 Å². The van der Waals surface area contributed by atoms with Gasteiger partial charge in [0.25, 0.3) is 0 Å². The van der Waals surface area contributed by atoms with E-state index in [1.54, 1.807) is 12.4 Å². The molecule has 6 heteroatoms. The van der Waals surface area contributed by atoms with Gasteiger partial charge in [0, 0.05) is 23.7 Å². The molecular formula is C20H21N5S. The molecule has 0 saturated carbocycles. The molecule has 3 rings (SSSR count). The number of hydrogen-bond donors (Lipinski definition) is 1. The summed E-state index contributed by atoms with van der Waals surface area (Å²) in [5, 5.41) is 13.1. The molecule has 0 aliphatic heterocycles. The summed E-state index contributed by atoms with van der Waals surface area (Å²) in [5.41, 5.74) is 11.4. The number of hydrogen-bond acceptors (Lipinski definition) is 4. The predicted molar refractivity (Wildman–Crippen MR) is 110 cm³/mol. The Morgan fingerprint density at radius 1 is 1.19 bits per heavy atom. The van der Waals surface area contributed by atoms with Crippen molar-refractivity contribution in [3.63, 3.8) is 0 Å². The van der Waals surface area contributed by atoms with Crippen LogP contribution in [0.3, 0.4) is 0 Å². The van der Waals surface area contributed by atoms with Crippen LogP contribution in [0.25, 0.3) is 5.69 Å². The van der Waals surface area contributed by atoms with Crippen LogP contribution in [0.15, 0.2) is 71.1 Å². The van der Waals surface area contributed by atoms with E-state index in [1.165, 1.54) is 22.9 Å². The fourth-order valence-electron chi connectivity index (χ4n) is 2.63. The van der Waals surface area contributed by atoms with E-state index in [4.69, 9.17) is 5.73 Å². The maximum absolute atomic E-state index is 5.96. The Kier molecular flexibility index (Phi) is 5.86. The molecule has 0 radical (unpaired) electrons. The first-order chi connectivity index (χ1) is 12.6. The highest BCUT2D eigenvalue weighted by Crippen LogP contribution is 2.19. The second kappa shape index (κ2) is 8.49. The lowest BCUT2D eigenvalue weighted by atomic mass is 10.0. The molecule has 0 bridgehead atoms. The van der Waals surface area contributed by atoms with Gasteiger partial charge in [0.2, 0.25) is 0 Å². The molecule has 0 amide bonds. The Labute approximate surface area is 157 Å². The molecule has 0 aliphatic rings. The van der Waals surface area contributed by atoms with Crippen molar-refractivity contribution in [2.45, 2.75) is 19.6 Å². The van der Waals surface area contributed by atoms with Crippen molar-refractivity contribution in [3.05, 3.63) is 83.2 Å². The topological polar surface area (TPSA) is 68.6 Å². The third kappa shape index (κ3) is 4.61. The van der Waals surface area contributed by atoms with Crippen molar-refractivity contribution in [1.82, 2.24) is 9.78 Å². The van der Waals surface area contributed by atoms with Crippen molar-refractivity contribution >= 4 is 23.1 Å². The standard InChI is InChI=1S/C20H21N5S/c1-15-11-16(2)18(19(12-15)25-10-6-9-23-25)13-22-24-20(21)26-14-17-7-4-3-5-8-17/h3-13H,14H2,1-2H3,(H2,21,24). The average Bonchev–Trinajstić information content (AvgIpc) is 3.17. The molecule has 1 aromatic heterocycles. The summed E-state index contributed by atoms with van der Waals surface area (Å²) in [4.78, 5) is 0. The zero-order chi connectivity index (χ0) is 18.4. The summed E-state index contributed by atoms with van der Waals surface area (Å²) in [7, 11) is 0. The van der Waals surface area contributed by atoms with Crippen molar-refractivity contribution in [1.29, 1.82) is 0 Å². The lowest BCUT2D eigenvalue weighted by molar-refractivity contribution is 0.876. The Bertz CT molecular complexity index is 915. The minimum atomic E-state index is 0.440. The number of aromatic nitrogens is 2. The molecule has 0 saturated heterocycles. The summed E-state index contributed by atoms with van der Waals surface area (Å²) < 4.78 is 1.83. The van der Waals surface area contributed by atoms with E-state index in [2.05, 4.69) is 53.4 Å². The lowest BCUT2D eigenvalue weighted by Gasteiger charge is -2.10. The van der Waals surface area contributed by atoms with E-state index >= 15 is 0 Å². The molecule has 0 fully saturated rings. The predicted octanol–water partition coefficient (Wildman–Crippen LogP) is 4.07. The number of amidine groups is 1. The summed E-state index contributed by atoms with van der Waals surface area (Å²) in [5.74, 6) is 0.772. The first-order valence-corrected chi connectivity index (χ1v) is 9.26. The summed E-state index contributed by atoms with van der Waals surface area (Å²) in [6, 6.07) is 16.2. The number of rotatable bonds is 5. The van der Waals surface area contributed by atoms with E-state index < -0.39 is 0 Å². The van der Waals surface area contributed by atoms with Crippen molar-refractivity contribution in [2.75, 3.05) is 0 Å². The second-order valence-electron chi connectivity index (χ2n) is 5.92. The molecule has 2 N–H and O–H groups in total. The van der Waals surface area contributed by atoms with Crippen LogP contribution in [0.5, 0.6) is 0 Å². The molecule has 1 heterocycles. The third-order valence-electron chi connectivity index (χ3n) is 3.83. The van der Waals surface area contributed by atoms with Gasteiger partial charge < -0.3 is 5.73 Å². The van der Waals surface area contributed by atoms with E-state index in [-0.39, 0.29) is 0 Å². The molecule has 3 aromatic rings. The van der Waals surface area contributed by atoms with Gasteiger partial charge in [0.1, 0.15) is 0 Å². The van der Waals surface area contributed by atoms with Crippen LogP contribution in [0.4, 0.5) is 0 Å². The van der Waals surface area contributed by atoms with Crippen LogP contribution in [0.2, 0.25) is 0 Å². The molecule has 0 unspecified atom stereocenters. The maximum Gasteiger partial charge on any atom is 0.180 e. The van der Waals surface area contributed by atoms with Gasteiger partial charge in [-0.2, -0.15) is 10.2 Å². The highest BCUT2D eigenvalue weighted by molar-refractivity contribution is 8.13. The first-order valence-electron chi connectivity index (χ1n) is 8.28. The maximum atomic E-state index is 5.96. The average molecular weight is 363 g/mol. The Balaban J connectivity index is 1.75. The van der Waals surface area contributed by atoms with E-state index in [0.717, 1.165) is 22.6 Å². The van der Waals surface area contributed by atoms with Gasteiger partial charge >= 0.3 is 0 Å². The number of benzene rings is 2. The number of nitrogens with zero attached hydrogens (tertiary/aromatic N) is 4. The summed E-state index contributed by atoms with van der Waals surface area (Å²) in [6.07, 6.45) is 5.41. The minimum Gasteiger partial charge on any atom is -0.377 e. The monoisotopic (exact) mass is 363 g/mol. The van der Waals surface area contributed by atoms with Gasteiger partial charge in [-0.05, 0) is 42.7 Å². The highest BCUT2D eigenvalue weighted by atomic mass is 32.2. The highest BCUT2D eigenvalue weighted by Gasteiger charge is 2.07. The van der Waals surface area contributed by atoms with Gasteiger partial charge in [-0.25, -0.2) is 4.68 Å². The number of thioether (sulfide) groups is 1. The van der Waals surface area contributed by atoms with Crippen molar-refractivity contribution < 1.29 is 0 Å². The molecule has 132 valence electrons. The smallest absolute Gasteiger partial charge is 0.180 e. The largest absolute Gasteiger partial charge is 0.377 e. The fourth-order valence-corrected chi connectivity index (χ4v) is 3.24. The van der Waals surface area contributed by atoms with Gasteiger partial charge in [-0.3, -0.25) is 0 Å². The molecular weight excluding hydrogens is 342 g/mol. The molecule has 5 nitrogen and oxygen atoms in total. The van der Waals surface area contributed by atoms with Crippen LogP contribution < -0.4 is 5.73 Å². The zero-order valence-electron chi connectivity index (χ0n) is 14.8. The van der Waals surface area contributed by atoms with Crippen molar-refractivity contribution in [2.24, 2.45) is 15.9 Å². The van der Waals surface area contributed by atoms with Crippen LogP contribution in [0, 0.1) is 13.8 Å². The molecule has 0 atom stereocenters. The minimum absolute atomic E-state index is 0.440. The second-order valence-corrected chi connectivity index (χ2v) is 6.92. The van der Waals surface area contributed by atoms with Crippen LogP contribution >= 0.6 is 11.8 Å². The molecule has 26 heavy (non-hydrogen) atoms. The number of aryl methyl sites for hydroxylation is 2. The van der Waals surface area contributed by atoms with E-state index in [9.17, 15) is 0 Å². The van der Waals surface area contributed by atoms with Gasteiger partial charge in [-0.15, -0.1) is 5.10 Å². The van der Waals surface area contributed by atoms with Crippen LogP contribution in [-0.2, 0) is 5.75 Å². The Morgan fingerprint density at radius 2 is 2.00 bits per heavy atom. The lowest BCUT2D eigenvalue weighted by Crippen LogP contribution is -2.06. The Hall–Kier alpha value is -2.86. The molecule has 0 aliphatic carbocycles. The fraction of sp³-hybridized carbons (Fsp3) is 0.150. The molecule has 0 spiro atoms. The van der Waals surface area contributed by atoms with Gasteiger partial charge in [-0.1, -0.05) is 48.2 Å². The first kappa shape index (κ1) is 17.9. The normalized spacial score (nSPS) is 12.0. The van der Waals surface area contributed by atoms with Gasteiger partial charge in [0.15, 0.2) is 5.17 Å². The number of nitrogens with two attached hydrogens (primary N) is 1. The van der Waals surface area contributed by atoms with E-state index in [1.807, 2.05) is 35.1 Å². The SMILES string of the molecule is Cc1cc(C)c(C=NN=C(N)SCc2ccccc2)c(-n2cccn2)c1. The van der Waals surface area contributed by atoms with Crippen molar-refractivity contribution in [3.8, 4) is 5.69 Å². The van der Waals surface area contributed by atoms with Gasteiger partial charge in [0.05, 0.1) is 11.9 Å². The zero-order valence-corrected chi connectivity index (χ0v) is 15.6. The van der Waals surface area contributed by atoms with Crippen LogP contribution in [0.1, 0.15) is 22.3 Å². The van der Waals surface area contributed by atoms with Crippen LogP contribution in [-0.4, -0.2) is 21.2 Å². The molecule has 2 aromatic carbocycles. The summed E-state index contributed by atoms with van der Waals surface area (Å²) in [6.45, 7) is 4.12. The summed E-state index contributed by atoms with van der Waals surface area (Å²) >= 11 is 1.47. The third-order valence-corrected chi connectivity index (χ3v) is 4.69. The Morgan fingerprint density at radius 3 is 2.73 bits per heavy atom. The quantitative estimate of drug-likeness (QED) is 0.422.